The summed E-state index contributed by atoms with van der Waals surface area (Å²) in [6.07, 6.45) is 0. The molecule has 0 radical (unpaired) electrons. The maximum absolute atomic E-state index is 2.72. The average molecular weight is 597 g/mol. The molecule has 0 nitrogen and oxygen atoms in total. The van der Waals surface area contributed by atoms with Gasteiger partial charge in [-0.25, -0.2) is 0 Å². The van der Waals surface area contributed by atoms with Gasteiger partial charge in [-0.15, -0.1) is 0 Å². The molecule has 0 aliphatic heterocycles. The fourth-order valence-corrected chi connectivity index (χ4v) is 69.0. The molecule has 0 amide bonds. The zero-order valence-electron chi connectivity index (χ0n) is 23.0. The van der Waals surface area contributed by atoms with Crippen LogP contribution in [0.25, 0.3) is 0 Å². The van der Waals surface area contributed by atoms with Crippen molar-refractivity contribution in [3.63, 3.8) is 0 Å². The van der Waals surface area contributed by atoms with Crippen LogP contribution in [0.5, 0.6) is 0 Å². The van der Waals surface area contributed by atoms with Crippen molar-refractivity contribution in [2.45, 2.75) is 73.2 Å². The maximum atomic E-state index is 2.72. The molecule has 0 saturated carbocycles. The standard InChI is InChI=1S/C30H41PSeSi3/c1-33(2,3)30(34(4,5)6,35(7,8)9)31-32-29-25-19-13-10-16-22(25)28(23-17-11-14-20-26(23)29)24-18-12-15-21-27(24)29/h10-21,28,31H,1-9H3/p+1. The van der Waals surface area contributed by atoms with Gasteiger partial charge in [0.15, 0.2) is 0 Å². The van der Waals surface area contributed by atoms with Crippen molar-refractivity contribution in [1.29, 1.82) is 0 Å². The van der Waals surface area contributed by atoms with E-state index in [9.17, 15) is 0 Å². The second-order valence-corrected chi connectivity index (χ2v) is 38.4. The Labute approximate surface area is 224 Å². The van der Waals surface area contributed by atoms with Gasteiger partial charge in [-0.05, 0) is 0 Å². The summed E-state index contributed by atoms with van der Waals surface area (Å²) in [7, 11) is -3.92. The van der Waals surface area contributed by atoms with Crippen molar-refractivity contribution in [2.24, 2.45) is 0 Å². The number of hydrogen-bond acceptors (Lipinski definition) is 0. The molecule has 6 rings (SSSR count). The monoisotopic (exact) mass is 597 g/mol. The fourth-order valence-electron chi connectivity index (χ4n) is 8.42. The van der Waals surface area contributed by atoms with Crippen molar-refractivity contribution in [3.05, 3.63) is 106 Å². The Morgan fingerprint density at radius 2 is 0.886 bits per heavy atom. The van der Waals surface area contributed by atoms with Crippen molar-refractivity contribution < 1.29 is 0 Å². The zero-order valence-corrected chi connectivity index (χ0v) is 28.9. The molecule has 5 heteroatoms. The predicted octanol–water partition coefficient (Wildman–Crippen LogP) is 8.19. The molecular formula is C30H42PSeSi3+. The van der Waals surface area contributed by atoms with Crippen LogP contribution in [0, 0.1) is 0 Å². The molecule has 1 atom stereocenters. The van der Waals surface area contributed by atoms with Crippen molar-refractivity contribution >= 4 is 46.0 Å². The molecule has 3 aromatic rings. The first kappa shape index (κ1) is 25.9. The molecular weight excluding hydrogens is 555 g/mol. The number of rotatable bonds is 6. The van der Waals surface area contributed by atoms with Gasteiger partial charge in [0.2, 0.25) is 0 Å². The Hall–Kier alpha value is -0.740. The van der Waals surface area contributed by atoms with Gasteiger partial charge < -0.3 is 0 Å². The van der Waals surface area contributed by atoms with E-state index in [0.29, 0.717) is 31.7 Å². The topological polar surface area (TPSA) is 0 Å². The van der Waals surface area contributed by atoms with E-state index in [2.05, 4.69) is 132 Å². The first-order valence-corrected chi connectivity index (χ1v) is 28.4. The Bertz CT molecular complexity index is 1130. The first-order chi connectivity index (χ1) is 16.3. The summed E-state index contributed by atoms with van der Waals surface area (Å²) in [5, 5.41) is 0. The molecule has 3 aliphatic rings. The van der Waals surface area contributed by atoms with E-state index in [1.807, 2.05) is 0 Å². The van der Waals surface area contributed by atoms with Crippen LogP contribution < -0.4 is 0 Å². The Morgan fingerprint density at radius 1 is 0.571 bits per heavy atom. The molecule has 2 bridgehead atoms. The molecule has 0 heterocycles. The Morgan fingerprint density at radius 3 is 1.20 bits per heavy atom. The van der Waals surface area contributed by atoms with Crippen LogP contribution in [0.15, 0.2) is 72.8 Å². The fraction of sp³-hybridized carbons (Fsp3) is 0.400. The number of hydrogen-bond donors (Lipinski definition) is 0. The molecule has 0 aromatic heterocycles. The second-order valence-electron chi connectivity index (χ2n) is 13.7. The molecule has 184 valence electrons. The van der Waals surface area contributed by atoms with Crippen molar-refractivity contribution in [2.75, 3.05) is 0 Å². The molecule has 0 spiro atoms. The van der Waals surface area contributed by atoms with E-state index >= 15 is 0 Å². The molecule has 0 saturated heterocycles. The summed E-state index contributed by atoms with van der Waals surface area (Å²) in [4.78, 5) is 0. The molecule has 0 N–H and O–H groups in total. The van der Waals surface area contributed by atoms with Crippen LogP contribution in [0.4, 0.5) is 0 Å². The third kappa shape index (κ3) is 3.51. The van der Waals surface area contributed by atoms with Crippen molar-refractivity contribution in [3.8, 4) is 0 Å². The van der Waals surface area contributed by atoms with Gasteiger partial charge in [-0.2, -0.15) is 0 Å². The summed E-state index contributed by atoms with van der Waals surface area (Å²) in [6, 6.07) is 28.5. The molecule has 3 aromatic carbocycles. The van der Waals surface area contributed by atoms with Crippen LogP contribution in [-0.4, -0.2) is 42.8 Å². The van der Waals surface area contributed by atoms with Gasteiger partial charge in [0.25, 0.3) is 0 Å². The van der Waals surface area contributed by atoms with Crippen LogP contribution in [0.2, 0.25) is 58.9 Å². The third-order valence-corrected chi connectivity index (χ3v) is 50.2. The summed E-state index contributed by atoms with van der Waals surface area (Å²) in [5.74, 6) is 0.391. The zero-order chi connectivity index (χ0) is 25.4. The normalized spacial score (nSPS) is 21.7. The van der Waals surface area contributed by atoms with Gasteiger partial charge in [-0.3, -0.25) is 0 Å². The van der Waals surface area contributed by atoms with Crippen LogP contribution in [0.3, 0.4) is 0 Å². The van der Waals surface area contributed by atoms with Gasteiger partial charge >= 0.3 is 225 Å². The van der Waals surface area contributed by atoms with Crippen LogP contribution >= 0.6 is 7.27 Å². The van der Waals surface area contributed by atoms with E-state index < -0.39 is 24.2 Å². The van der Waals surface area contributed by atoms with Crippen LogP contribution in [0.1, 0.15) is 39.3 Å². The summed E-state index contributed by atoms with van der Waals surface area (Å²) in [6.45, 7) is 24.5. The van der Waals surface area contributed by atoms with Crippen molar-refractivity contribution in [1.82, 2.24) is 0 Å². The predicted molar refractivity (Wildman–Crippen MR) is 168 cm³/mol. The van der Waals surface area contributed by atoms with E-state index in [4.69, 9.17) is 0 Å². The van der Waals surface area contributed by atoms with E-state index in [1.165, 1.54) is 0 Å². The molecule has 0 fully saturated rings. The first-order valence-electron chi connectivity index (χ1n) is 13.1. The van der Waals surface area contributed by atoms with Gasteiger partial charge in [-0.1, -0.05) is 0 Å². The van der Waals surface area contributed by atoms with E-state index in [-0.39, 0.29) is 4.31 Å². The average Bonchev–Trinajstić information content (AvgIpc) is 2.77. The van der Waals surface area contributed by atoms with E-state index in [0.717, 1.165) is 0 Å². The third-order valence-electron chi connectivity index (χ3n) is 8.91. The second kappa shape index (κ2) is 8.38. The summed E-state index contributed by atoms with van der Waals surface area (Å²) in [5.41, 5.74) is 9.61. The summed E-state index contributed by atoms with van der Waals surface area (Å²) < 4.78 is 0.722. The Balaban J connectivity index is 1.80. The SMILES string of the molecule is C[Si](C)(C)C([PH2+][Se]C12c3ccccc3C(c3ccccc31)c1ccccc12)([Si](C)(C)C)[Si](C)(C)C. The minimum atomic E-state index is -1.42. The molecule has 1 unspecified atom stereocenters. The van der Waals surface area contributed by atoms with Gasteiger partial charge in [0, 0.05) is 0 Å². The number of benzene rings is 3. The molecule has 3 aliphatic carbocycles. The van der Waals surface area contributed by atoms with E-state index in [1.54, 1.807) is 33.4 Å². The summed E-state index contributed by atoms with van der Waals surface area (Å²) >= 11 is 0.502. The quantitative estimate of drug-likeness (QED) is 0.199. The van der Waals surface area contributed by atoms with Crippen LogP contribution in [-0.2, 0) is 4.31 Å². The van der Waals surface area contributed by atoms with Gasteiger partial charge in [0.05, 0.1) is 0 Å². The molecule has 35 heavy (non-hydrogen) atoms. The Kier molecular flexibility index (Phi) is 6.20. The minimum absolute atomic E-state index is 0.0606. The van der Waals surface area contributed by atoms with Gasteiger partial charge in [0.1, 0.15) is 0 Å².